The van der Waals surface area contributed by atoms with Crippen LogP contribution in [0.3, 0.4) is 0 Å². The Balaban J connectivity index is 2.50. The fraction of sp³-hybridized carbons (Fsp3) is 1.00. The second-order valence-electron chi connectivity index (χ2n) is 4.42. The van der Waals surface area contributed by atoms with Crippen LogP contribution in [0.15, 0.2) is 0 Å². The fourth-order valence-electron chi connectivity index (χ4n) is 2.38. The van der Waals surface area contributed by atoms with E-state index in [-0.39, 0.29) is 11.8 Å². The first kappa shape index (κ1) is 12.9. The first-order chi connectivity index (χ1) is 7.16. The predicted octanol–water partition coefficient (Wildman–Crippen LogP) is 0.338. The van der Waals surface area contributed by atoms with Gasteiger partial charge >= 0.3 is 0 Å². The molecule has 0 saturated carbocycles. The molecule has 1 aliphatic heterocycles. The lowest BCUT2D eigenvalue weighted by Crippen LogP contribution is -2.39. The summed E-state index contributed by atoms with van der Waals surface area (Å²) >= 11 is 0. The van der Waals surface area contributed by atoms with Gasteiger partial charge in [-0.3, -0.25) is 0 Å². The second kappa shape index (κ2) is 6.43. The molecule has 1 heterocycles. The third kappa shape index (κ3) is 3.72. The topological polar surface area (TPSA) is 61.7 Å². The van der Waals surface area contributed by atoms with Crippen LogP contribution in [0.1, 0.15) is 26.2 Å². The lowest BCUT2D eigenvalue weighted by atomic mass is 9.83. The zero-order valence-corrected chi connectivity index (χ0v) is 9.65. The molecular formula is C11H23NO3. The molecule has 3 atom stereocenters. The van der Waals surface area contributed by atoms with Crippen LogP contribution < -0.4 is 5.32 Å². The SMILES string of the molecule is COCC[C@@H]([C@@H]1CCCN1)[C@@H](C)C(O)O. The summed E-state index contributed by atoms with van der Waals surface area (Å²) in [5.74, 6) is 0.184. The molecule has 90 valence electrons. The largest absolute Gasteiger partial charge is 0.385 e. The van der Waals surface area contributed by atoms with E-state index in [2.05, 4.69) is 5.32 Å². The number of ether oxygens (including phenoxy) is 1. The molecule has 4 heteroatoms. The zero-order valence-electron chi connectivity index (χ0n) is 9.65. The molecule has 0 aliphatic carbocycles. The number of aliphatic hydroxyl groups is 2. The molecule has 0 spiro atoms. The van der Waals surface area contributed by atoms with Crippen LogP contribution in [0.5, 0.6) is 0 Å². The summed E-state index contributed by atoms with van der Waals surface area (Å²) in [6.45, 7) is 3.62. The summed E-state index contributed by atoms with van der Waals surface area (Å²) in [5.41, 5.74) is 0. The maximum Gasteiger partial charge on any atom is 0.154 e. The first-order valence-electron chi connectivity index (χ1n) is 5.75. The Labute approximate surface area is 91.6 Å². The van der Waals surface area contributed by atoms with Crippen molar-refractivity contribution < 1.29 is 14.9 Å². The molecule has 1 saturated heterocycles. The third-order valence-corrected chi connectivity index (χ3v) is 3.42. The molecule has 0 aromatic rings. The molecule has 0 unspecified atom stereocenters. The summed E-state index contributed by atoms with van der Waals surface area (Å²) in [6, 6.07) is 0.414. The first-order valence-corrected chi connectivity index (χ1v) is 5.75. The molecule has 0 amide bonds. The minimum absolute atomic E-state index is 0.101. The summed E-state index contributed by atoms with van der Waals surface area (Å²) in [6.07, 6.45) is 1.97. The molecule has 15 heavy (non-hydrogen) atoms. The smallest absolute Gasteiger partial charge is 0.154 e. The molecule has 3 N–H and O–H groups in total. The molecule has 1 fully saturated rings. The van der Waals surface area contributed by atoms with Crippen LogP contribution in [0.2, 0.25) is 0 Å². The van der Waals surface area contributed by atoms with Crippen molar-refractivity contribution in [1.82, 2.24) is 5.32 Å². The minimum Gasteiger partial charge on any atom is -0.385 e. The molecule has 1 rings (SSSR count). The van der Waals surface area contributed by atoms with Gasteiger partial charge in [0.25, 0.3) is 0 Å². The van der Waals surface area contributed by atoms with E-state index in [9.17, 15) is 10.2 Å². The van der Waals surface area contributed by atoms with Gasteiger partial charge in [-0.2, -0.15) is 0 Å². The summed E-state index contributed by atoms with van der Waals surface area (Å²) in [5, 5.41) is 21.9. The predicted molar refractivity (Wildman–Crippen MR) is 58.4 cm³/mol. The van der Waals surface area contributed by atoms with E-state index in [1.165, 1.54) is 6.42 Å². The van der Waals surface area contributed by atoms with Gasteiger partial charge in [0.2, 0.25) is 0 Å². The number of hydrogen-bond donors (Lipinski definition) is 3. The van der Waals surface area contributed by atoms with Crippen LogP contribution in [-0.4, -0.2) is 42.8 Å². The van der Waals surface area contributed by atoms with Crippen molar-refractivity contribution in [3.63, 3.8) is 0 Å². The summed E-state index contributed by atoms with van der Waals surface area (Å²) in [4.78, 5) is 0. The summed E-state index contributed by atoms with van der Waals surface area (Å²) < 4.78 is 5.07. The van der Waals surface area contributed by atoms with Gasteiger partial charge in [-0.1, -0.05) is 6.92 Å². The van der Waals surface area contributed by atoms with Crippen molar-refractivity contribution in [3.8, 4) is 0 Å². The number of hydrogen-bond acceptors (Lipinski definition) is 4. The highest BCUT2D eigenvalue weighted by Gasteiger charge is 2.31. The highest BCUT2D eigenvalue weighted by molar-refractivity contribution is 4.85. The lowest BCUT2D eigenvalue weighted by molar-refractivity contribution is -0.101. The van der Waals surface area contributed by atoms with Crippen molar-refractivity contribution in [2.45, 2.75) is 38.5 Å². The van der Waals surface area contributed by atoms with Gasteiger partial charge in [0.05, 0.1) is 0 Å². The van der Waals surface area contributed by atoms with Gasteiger partial charge in [-0.05, 0) is 31.7 Å². The highest BCUT2D eigenvalue weighted by Crippen LogP contribution is 2.27. The molecule has 0 aromatic carbocycles. The Morgan fingerprint density at radius 2 is 2.20 bits per heavy atom. The van der Waals surface area contributed by atoms with Crippen LogP contribution >= 0.6 is 0 Å². The molecule has 0 radical (unpaired) electrons. The Morgan fingerprint density at radius 3 is 2.67 bits per heavy atom. The van der Waals surface area contributed by atoms with E-state index in [1.807, 2.05) is 6.92 Å². The van der Waals surface area contributed by atoms with Gasteiger partial charge in [0, 0.05) is 25.7 Å². The quantitative estimate of drug-likeness (QED) is 0.561. The maximum absolute atomic E-state index is 9.24. The average Bonchev–Trinajstić information content (AvgIpc) is 2.71. The summed E-state index contributed by atoms with van der Waals surface area (Å²) in [7, 11) is 1.68. The minimum atomic E-state index is -1.23. The number of rotatable bonds is 6. The zero-order chi connectivity index (χ0) is 11.3. The van der Waals surface area contributed by atoms with E-state index in [1.54, 1.807) is 7.11 Å². The van der Waals surface area contributed by atoms with Crippen LogP contribution in [-0.2, 0) is 4.74 Å². The van der Waals surface area contributed by atoms with Gasteiger partial charge in [-0.25, -0.2) is 0 Å². The molecule has 4 nitrogen and oxygen atoms in total. The monoisotopic (exact) mass is 217 g/mol. The Morgan fingerprint density at radius 1 is 1.47 bits per heavy atom. The third-order valence-electron chi connectivity index (χ3n) is 3.42. The molecule has 0 bridgehead atoms. The Bertz CT molecular complexity index is 167. The maximum atomic E-state index is 9.24. The van der Waals surface area contributed by atoms with E-state index in [0.717, 1.165) is 19.4 Å². The molecular weight excluding hydrogens is 194 g/mol. The van der Waals surface area contributed by atoms with Gasteiger partial charge < -0.3 is 20.3 Å². The second-order valence-corrected chi connectivity index (χ2v) is 4.42. The standard InChI is InChI=1S/C11H23NO3/c1-8(11(13)14)9(5-7-15-2)10-4-3-6-12-10/h8-14H,3-7H2,1-2H3/t8-,9-,10+/m1/s1. The molecule has 0 aromatic heterocycles. The van der Waals surface area contributed by atoms with E-state index >= 15 is 0 Å². The fourth-order valence-corrected chi connectivity index (χ4v) is 2.38. The van der Waals surface area contributed by atoms with Crippen molar-refractivity contribution >= 4 is 0 Å². The molecule has 1 aliphatic rings. The number of aliphatic hydroxyl groups excluding tert-OH is 1. The van der Waals surface area contributed by atoms with Crippen molar-refractivity contribution in [3.05, 3.63) is 0 Å². The normalized spacial score (nSPS) is 25.8. The van der Waals surface area contributed by atoms with Gasteiger partial charge in [0.15, 0.2) is 6.29 Å². The van der Waals surface area contributed by atoms with Crippen molar-refractivity contribution in [1.29, 1.82) is 0 Å². The van der Waals surface area contributed by atoms with Gasteiger partial charge in [0.1, 0.15) is 0 Å². The number of methoxy groups -OCH3 is 1. The van der Waals surface area contributed by atoms with Crippen molar-refractivity contribution in [2.24, 2.45) is 11.8 Å². The number of nitrogens with one attached hydrogen (secondary N) is 1. The van der Waals surface area contributed by atoms with E-state index < -0.39 is 6.29 Å². The van der Waals surface area contributed by atoms with E-state index in [0.29, 0.717) is 12.6 Å². The van der Waals surface area contributed by atoms with Crippen LogP contribution in [0.4, 0.5) is 0 Å². The average molecular weight is 217 g/mol. The van der Waals surface area contributed by atoms with Crippen molar-refractivity contribution in [2.75, 3.05) is 20.3 Å². The van der Waals surface area contributed by atoms with E-state index in [4.69, 9.17) is 4.74 Å². The Hall–Kier alpha value is -0.160. The van der Waals surface area contributed by atoms with Crippen LogP contribution in [0, 0.1) is 11.8 Å². The van der Waals surface area contributed by atoms with Crippen LogP contribution in [0.25, 0.3) is 0 Å². The lowest BCUT2D eigenvalue weighted by Gasteiger charge is -2.30. The van der Waals surface area contributed by atoms with Gasteiger partial charge in [-0.15, -0.1) is 0 Å². The highest BCUT2D eigenvalue weighted by atomic mass is 16.5. The Kier molecular flexibility index (Phi) is 5.53.